The Morgan fingerprint density at radius 3 is 2.50 bits per heavy atom. The van der Waals surface area contributed by atoms with E-state index in [0.717, 1.165) is 0 Å². The maximum absolute atomic E-state index is 12.6. The third-order valence-electron chi connectivity index (χ3n) is 1.95. The number of hydrogen-bond acceptors (Lipinski definition) is 3. The molecule has 1 aromatic rings. The highest BCUT2D eigenvalue weighted by Gasteiger charge is 2.28. The number of benzene rings is 1. The van der Waals surface area contributed by atoms with E-state index in [9.17, 15) is 12.8 Å². The molecule has 1 unspecified atom stereocenters. The molecule has 0 amide bonds. The van der Waals surface area contributed by atoms with Gasteiger partial charge in [-0.1, -0.05) is 12.1 Å². The molecule has 76 valence electrons. The van der Waals surface area contributed by atoms with Crippen molar-refractivity contribution in [3.63, 3.8) is 0 Å². The highest BCUT2D eigenvalue weighted by atomic mass is 32.2. The van der Waals surface area contributed by atoms with Crippen molar-refractivity contribution in [2.24, 2.45) is 0 Å². The smallest absolute Gasteiger partial charge is 0.256 e. The molecule has 1 atom stereocenters. The van der Waals surface area contributed by atoms with Crippen LogP contribution in [0.3, 0.4) is 0 Å². The lowest BCUT2D eigenvalue weighted by Crippen LogP contribution is -2.19. The lowest BCUT2D eigenvalue weighted by atomic mass is 10.1. The van der Waals surface area contributed by atoms with Crippen LogP contribution in [0.15, 0.2) is 24.3 Å². The van der Waals surface area contributed by atoms with Crippen molar-refractivity contribution < 1.29 is 17.0 Å². The zero-order valence-electron chi connectivity index (χ0n) is 7.10. The summed E-state index contributed by atoms with van der Waals surface area (Å²) in [5.41, 5.74) is 0.687. The zero-order chi connectivity index (χ0) is 10.2. The Kier molecular flexibility index (Phi) is 2.26. The molecule has 0 aromatic heterocycles. The SMILES string of the molecule is O=S1(=O)NC(c2ccc(F)cc2)CO1. The van der Waals surface area contributed by atoms with Gasteiger partial charge in [-0.15, -0.1) is 0 Å². The van der Waals surface area contributed by atoms with E-state index < -0.39 is 16.3 Å². The number of hydrogen-bond donors (Lipinski definition) is 1. The topological polar surface area (TPSA) is 55.4 Å². The molecule has 14 heavy (non-hydrogen) atoms. The minimum Gasteiger partial charge on any atom is -0.256 e. The van der Waals surface area contributed by atoms with Crippen molar-refractivity contribution in [2.75, 3.05) is 6.61 Å². The summed E-state index contributed by atoms with van der Waals surface area (Å²) in [5.74, 6) is -0.351. The molecule has 4 nitrogen and oxygen atoms in total. The average molecular weight is 217 g/mol. The predicted octanol–water partition coefficient (Wildman–Crippen LogP) is 0.731. The van der Waals surface area contributed by atoms with Gasteiger partial charge in [0.25, 0.3) is 0 Å². The van der Waals surface area contributed by atoms with Crippen molar-refractivity contribution in [2.45, 2.75) is 6.04 Å². The standard InChI is InChI=1S/C8H8FNO3S/c9-7-3-1-6(2-4-7)8-5-13-14(11,12)10-8/h1-4,8,10H,5H2. The van der Waals surface area contributed by atoms with Crippen LogP contribution in [-0.2, 0) is 14.5 Å². The third-order valence-corrected chi connectivity index (χ3v) is 2.97. The second-order valence-electron chi connectivity index (χ2n) is 2.96. The Balaban J connectivity index is 2.22. The van der Waals surface area contributed by atoms with Crippen LogP contribution < -0.4 is 4.72 Å². The van der Waals surface area contributed by atoms with E-state index in [1.807, 2.05) is 0 Å². The van der Waals surface area contributed by atoms with Gasteiger partial charge in [-0.3, -0.25) is 4.18 Å². The second-order valence-corrected chi connectivity index (χ2v) is 4.34. The molecule has 1 N–H and O–H groups in total. The van der Waals surface area contributed by atoms with E-state index >= 15 is 0 Å². The molecule has 0 spiro atoms. The molecule has 0 bridgehead atoms. The van der Waals surface area contributed by atoms with Crippen LogP contribution in [0.25, 0.3) is 0 Å². The van der Waals surface area contributed by atoms with E-state index in [1.165, 1.54) is 24.3 Å². The molecule has 6 heteroatoms. The minimum absolute atomic E-state index is 0.0496. The molecule has 0 aliphatic carbocycles. The number of halogens is 1. The zero-order valence-corrected chi connectivity index (χ0v) is 7.92. The van der Waals surface area contributed by atoms with Crippen LogP contribution in [0.4, 0.5) is 4.39 Å². The fraction of sp³-hybridized carbons (Fsp3) is 0.250. The third kappa shape index (κ3) is 1.92. The summed E-state index contributed by atoms with van der Waals surface area (Å²) in [5, 5.41) is 0. The molecular formula is C8H8FNO3S. The van der Waals surface area contributed by atoms with E-state index in [4.69, 9.17) is 0 Å². The minimum atomic E-state index is -3.60. The van der Waals surface area contributed by atoms with Gasteiger partial charge in [-0.2, -0.15) is 13.1 Å². The molecule has 0 radical (unpaired) electrons. The Morgan fingerprint density at radius 1 is 1.36 bits per heavy atom. The highest BCUT2D eigenvalue weighted by Crippen LogP contribution is 2.20. The van der Waals surface area contributed by atoms with E-state index in [1.54, 1.807) is 0 Å². The first-order valence-electron chi connectivity index (χ1n) is 3.99. The van der Waals surface area contributed by atoms with Gasteiger partial charge < -0.3 is 0 Å². The normalized spacial score (nSPS) is 25.1. The molecular weight excluding hydrogens is 209 g/mol. The van der Waals surface area contributed by atoms with E-state index in [-0.39, 0.29) is 12.4 Å². The molecule has 1 aromatic carbocycles. The summed E-state index contributed by atoms with van der Waals surface area (Å²) < 4.78 is 41.1. The molecule has 1 heterocycles. The Bertz CT molecular complexity index is 428. The molecule has 0 saturated carbocycles. The fourth-order valence-electron chi connectivity index (χ4n) is 1.26. The summed E-state index contributed by atoms with van der Waals surface area (Å²) in [4.78, 5) is 0. The van der Waals surface area contributed by atoms with Crippen LogP contribution >= 0.6 is 0 Å². The largest absolute Gasteiger partial charge is 0.336 e. The highest BCUT2D eigenvalue weighted by molar-refractivity contribution is 7.84. The van der Waals surface area contributed by atoms with Crippen molar-refractivity contribution >= 4 is 10.3 Å². The van der Waals surface area contributed by atoms with Gasteiger partial charge in [-0.05, 0) is 17.7 Å². The van der Waals surface area contributed by atoms with Gasteiger partial charge in [0.05, 0.1) is 12.6 Å². The summed E-state index contributed by atoms with van der Waals surface area (Å²) in [7, 11) is -3.60. The van der Waals surface area contributed by atoms with Crippen LogP contribution in [0, 0.1) is 5.82 Å². The van der Waals surface area contributed by atoms with Crippen molar-refractivity contribution in [1.29, 1.82) is 0 Å². The first-order valence-corrected chi connectivity index (χ1v) is 5.40. The van der Waals surface area contributed by atoms with Crippen LogP contribution in [0.5, 0.6) is 0 Å². The van der Waals surface area contributed by atoms with Crippen LogP contribution in [0.1, 0.15) is 11.6 Å². The van der Waals surface area contributed by atoms with Gasteiger partial charge in [0.15, 0.2) is 0 Å². The second kappa shape index (κ2) is 3.30. The molecule has 2 rings (SSSR count). The van der Waals surface area contributed by atoms with Gasteiger partial charge >= 0.3 is 10.3 Å². The van der Waals surface area contributed by atoms with E-state index in [0.29, 0.717) is 5.56 Å². The van der Waals surface area contributed by atoms with Gasteiger partial charge in [0, 0.05) is 0 Å². The summed E-state index contributed by atoms with van der Waals surface area (Å²) in [6, 6.07) is 5.19. The van der Waals surface area contributed by atoms with Gasteiger partial charge in [0.1, 0.15) is 5.82 Å². The number of nitrogens with one attached hydrogen (secondary N) is 1. The monoisotopic (exact) mass is 217 g/mol. The average Bonchev–Trinajstić information content (AvgIpc) is 2.47. The van der Waals surface area contributed by atoms with E-state index in [2.05, 4.69) is 8.91 Å². The fourth-order valence-corrected chi connectivity index (χ4v) is 2.20. The quantitative estimate of drug-likeness (QED) is 0.754. The van der Waals surface area contributed by atoms with Crippen molar-refractivity contribution in [1.82, 2.24) is 4.72 Å². The maximum Gasteiger partial charge on any atom is 0.336 e. The van der Waals surface area contributed by atoms with Crippen molar-refractivity contribution in [3.8, 4) is 0 Å². The Hall–Kier alpha value is -0.980. The summed E-state index contributed by atoms with van der Waals surface area (Å²) in [6.45, 7) is 0.0496. The number of rotatable bonds is 1. The lowest BCUT2D eigenvalue weighted by Gasteiger charge is -2.05. The van der Waals surface area contributed by atoms with Crippen LogP contribution in [-0.4, -0.2) is 15.0 Å². The maximum atomic E-state index is 12.6. The molecule has 1 fully saturated rings. The van der Waals surface area contributed by atoms with Crippen molar-refractivity contribution in [3.05, 3.63) is 35.6 Å². The lowest BCUT2D eigenvalue weighted by molar-refractivity contribution is 0.338. The van der Waals surface area contributed by atoms with Gasteiger partial charge in [0.2, 0.25) is 0 Å². The molecule has 1 aliphatic heterocycles. The first kappa shape index (κ1) is 9.57. The first-order chi connectivity index (χ1) is 6.57. The summed E-state index contributed by atoms with van der Waals surface area (Å²) in [6.07, 6.45) is 0. The molecule has 1 saturated heterocycles. The Labute approximate surface area is 81.0 Å². The molecule has 1 aliphatic rings. The predicted molar refractivity (Wildman–Crippen MR) is 47.1 cm³/mol. The van der Waals surface area contributed by atoms with Crippen LogP contribution in [0.2, 0.25) is 0 Å². The summed E-state index contributed by atoms with van der Waals surface area (Å²) >= 11 is 0. The van der Waals surface area contributed by atoms with Gasteiger partial charge in [-0.25, -0.2) is 4.39 Å². The Morgan fingerprint density at radius 2 is 2.00 bits per heavy atom.